The molecule has 5 rings (SSSR count). The van der Waals surface area contributed by atoms with Gasteiger partial charge in [0.15, 0.2) is 29.5 Å². The van der Waals surface area contributed by atoms with Gasteiger partial charge >= 0.3 is 0 Å². The van der Waals surface area contributed by atoms with Crippen LogP contribution in [0.25, 0.3) is 0 Å². The molecule has 0 unspecified atom stereocenters. The summed E-state index contributed by atoms with van der Waals surface area (Å²) in [4.78, 5) is 15.7. The summed E-state index contributed by atoms with van der Waals surface area (Å²) in [6.07, 6.45) is 17.0. The maximum absolute atomic E-state index is 13.0. The summed E-state index contributed by atoms with van der Waals surface area (Å²) in [6, 6.07) is 0. The van der Waals surface area contributed by atoms with E-state index in [9.17, 15) is 25.3 Å². The van der Waals surface area contributed by atoms with Gasteiger partial charge in [-0.15, -0.1) is 0 Å². The van der Waals surface area contributed by atoms with Crippen LogP contribution in [-0.2, 0) is 29.5 Å². The predicted molar refractivity (Wildman–Crippen MR) is 140 cm³/mol. The van der Waals surface area contributed by atoms with E-state index in [2.05, 4.69) is 20.0 Å². The lowest BCUT2D eigenvalue weighted by Gasteiger charge is -2.10. The Balaban J connectivity index is 1.93. The Morgan fingerprint density at radius 1 is 0.472 bits per heavy atom. The minimum absolute atomic E-state index is 0.0723. The Labute approximate surface area is 208 Å². The van der Waals surface area contributed by atoms with Gasteiger partial charge in [0.25, 0.3) is 0 Å². The first-order valence-corrected chi connectivity index (χ1v) is 16.0. The van der Waals surface area contributed by atoms with E-state index in [0.29, 0.717) is 28.5 Å². The van der Waals surface area contributed by atoms with Crippen LogP contribution >= 0.6 is 0 Å². The minimum Gasteiger partial charge on any atom is -0.249 e. The van der Waals surface area contributed by atoms with Crippen LogP contribution in [0.5, 0.6) is 0 Å². The van der Waals surface area contributed by atoms with Crippen LogP contribution in [-0.4, -0.2) is 66.9 Å². The van der Waals surface area contributed by atoms with Crippen LogP contribution in [0.3, 0.4) is 0 Å². The van der Waals surface area contributed by atoms with Crippen molar-refractivity contribution in [2.24, 2.45) is 20.0 Å². The Bertz CT molecular complexity index is 1870. The second kappa shape index (κ2) is 7.98. The van der Waals surface area contributed by atoms with Gasteiger partial charge < -0.3 is 0 Å². The van der Waals surface area contributed by atoms with Gasteiger partial charge in [0.05, 0.1) is 39.9 Å². The molecule has 5 aliphatic heterocycles. The average molecular weight is 543 g/mol. The third-order valence-electron chi connectivity index (χ3n) is 5.35. The fraction of sp³-hybridized carbons (Fsp3) is 0.130. The molecule has 8 bridgehead atoms. The van der Waals surface area contributed by atoms with E-state index in [1.165, 1.54) is 12.2 Å². The quantitative estimate of drug-likeness (QED) is 0.529. The third-order valence-corrected chi connectivity index (χ3v) is 8.92. The highest BCUT2D eigenvalue weighted by molar-refractivity contribution is 7.99. The Hall–Kier alpha value is -3.55. The number of nitrogens with zero attached hydrogens (tertiary/aromatic N) is 4. The molecule has 0 saturated carbocycles. The maximum atomic E-state index is 13.0. The Morgan fingerprint density at radius 3 is 1.47 bits per heavy atom. The lowest BCUT2D eigenvalue weighted by molar-refractivity contribution is 0.603. The first-order chi connectivity index (χ1) is 16.7. The molecule has 0 radical (unpaired) electrons. The fourth-order valence-corrected chi connectivity index (χ4v) is 7.85. The normalized spacial score (nSPS) is 21.4. The zero-order valence-electron chi connectivity index (χ0n) is 19.2. The smallest absolute Gasteiger partial charge is 0.179 e. The van der Waals surface area contributed by atoms with Crippen LogP contribution < -0.4 is 0 Å². The van der Waals surface area contributed by atoms with Gasteiger partial charge in [-0.25, -0.2) is 45.2 Å². The highest BCUT2D eigenvalue weighted by Gasteiger charge is 2.40. The summed E-state index contributed by atoms with van der Waals surface area (Å²) < 4.78 is 77.4. The maximum Gasteiger partial charge on any atom is 0.179 e. The first kappa shape index (κ1) is 24.2. The van der Waals surface area contributed by atoms with E-state index < -0.39 is 49.9 Å². The largest absolute Gasteiger partial charge is 0.249 e. The summed E-state index contributed by atoms with van der Waals surface area (Å²) in [5.74, 6) is 0. The molecule has 5 aliphatic rings. The molecule has 0 spiro atoms. The van der Waals surface area contributed by atoms with Gasteiger partial charge in [0, 0.05) is 18.8 Å². The van der Waals surface area contributed by atoms with E-state index in [1.807, 2.05) is 0 Å². The van der Waals surface area contributed by atoms with Gasteiger partial charge in [-0.2, -0.15) is 0 Å². The number of rotatable bonds is 3. The number of allylic oxidation sites excluding steroid dienone is 11. The van der Waals surface area contributed by atoms with Crippen molar-refractivity contribution in [2.45, 2.75) is 0 Å². The second-order valence-corrected chi connectivity index (χ2v) is 14.3. The number of hydrogen-bond donors (Lipinski definition) is 0. The zero-order chi connectivity index (χ0) is 26.0. The van der Waals surface area contributed by atoms with Crippen molar-refractivity contribution in [3.8, 4) is 0 Å². The van der Waals surface area contributed by atoms with Crippen molar-refractivity contribution < 1.29 is 25.3 Å². The first-order valence-electron chi connectivity index (χ1n) is 10.3. The van der Waals surface area contributed by atoms with Crippen molar-refractivity contribution in [3.63, 3.8) is 0 Å². The van der Waals surface area contributed by atoms with Crippen molar-refractivity contribution in [3.05, 3.63) is 92.2 Å². The van der Waals surface area contributed by atoms with Gasteiger partial charge in [-0.05, 0) is 54.7 Å². The summed E-state index contributed by atoms with van der Waals surface area (Å²) in [6.45, 7) is 0. The molecule has 0 N–H and O–H groups in total. The van der Waals surface area contributed by atoms with Gasteiger partial charge in [0.1, 0.15) is 20.4 Å². The standard InChI is InChI=1S/C23H18N4O6S3/c1-34(28,29)21-18-9-8-16(26-18)11-15-5-4-13(24-15)10-14-6-7-17(25-14)12-19-22(35(2,30)31)23(20(21)27-19)36(3,32)33/h4-12H,1-3H3. The van der Waals surface area contributed by atoms with E-state index in [-0.39, 0.29) is 11.4 Å². The van der Waals surface area contributed by atoms with Crippen molar-refractivity contribution in [2.75, 3.05) is 18.8 Å². The molecule has 0 saturated heterocycles. The van der Waals surface area contributed by atoms with Crippen LogP contribution in [0.2, 0.25) is 0 Å². The van der Waals surface area contributed by atoms with E-state index in [1.54, 1.807) is 42.5 Å². The monoisotopic (exact) mass is 542 g/mol. The van der Waals surface area contributed by atoms with E-state index >= 15 is 0 Å². The summed E-state index contributed by atoms with van der Waals surface area (Å²) >= 11 is 0. The van der Waals surface area contributed by atoms with Crippen LogP contribution in [0, 0.1) is 0 Å². The molecule has 0 aromatic rings. The molecule has 0 aliphatic carbocycles. The molecular formula is C23H18N4O6S3. The lowest BCUT2D eigenvalue weighted by atomic mass is 10.2. The number of aliphatic imine (C=N–C) groups is 4. The molecule has 0 aromatic carbocycles. The average Bonchev–Trinajstić information content (AvgIpc) is 3.49. The summed E-state index contributed by atoms with van der Waals surface area (Å²) in [5.41, 5.74) is 1.59. The molecule has 0 atom stereocenters. The molecular weight excluding hydrogens is 524 g/mol. The molecule has 13 heteroatoms. The van der Waals surface area contributed by atoms with E-state index in [0.717, 1.165) is 18.8 Å². The number of fused-ring (bicyclic) bond motifs is 4. The topological polar surface area (TPSA) is 152 Å². The van der Waals surface area contributed by atoms with E-state index in [4.69, 9.17) is 0 Å². The highest BCUT2D eigenvalue weighted by Crippen LogP contribution is 2.38. The van der Waals surface area contributed by atoms with Gasteiger partial charge in [-0.3, -0.25) is 0 Å². The third kappa shape index (κ3) is 4.40. The minimum atomic E-state index is -4.27. The summed E-state index contributed by atoms with van der Waals surface area (Å²) in [5, 5.41) is 0. The van der Waals surface area contributed by atoms with Crippen LogP contribution in [0.15, 0.2) is 112 Å². The molecule has 10 nitrogen and oxygen atoms in total. The second-order valence-electron chi connectivity index (χ2n) is 8.43. The molecule has 0 fully saturated rings. The molecule has 36 heavy (non-hydrogen) atoms. The van der Waals surface area contributed by atoms with Crippen molar-refractivity contribution in [1.82, 2.24) is 0 Å². The molecule has 184 valence electrons. The van der Waals surface area contributed by atoms with Crippen molar-refractivity contribution >= 4 is 52.4 Å². The lowest BCUT2D eigenvalue weighted by Crippen LogP contribution is -2.17. The van der Waals surface area contributed by atoms with Crippen molar-refractivity contribution in [1.29, 1.82) is 0 Å². The number of sulfone groups is 3. The SMILES string of the molecule is CS(=O)(=O)C1=C2N=C(C=C3C=CC(=N3)C=C3C=CC(=N3)C=C3C=CC1=N3)C(S(C)(=O)=O)=C2S(C)(=O)=O. The molecule has 5 heterocycles. The number of hydrogen-bond acceptors (Lipinski definition) is 10. The Kier molecular flexibility index (Phi) is 5.36. The fourth-order valence-electron chi connectivity index (χ4n) is 4.02. The van der Waals surface area contributed by atoms with Gasteiger partial charge in [0.2, 0.25) is 0 Å². The summed E-state index contributed by atoms with van der Waals surface area (Å²) in [7, 11) is -12.6. The zero-order valence-corrected chi connectivity index (χ0v) is 21.6. The van der Waals surface area contributed by atoms with Crippen LogP contribution in [0.1, 0.15) is 0 Å². The predicted octanol–water partition coefficient (Wildman–Crippen LogP) is 1.70. The highest BCUT2D eigenvalue weighted by atomic mass is 32.2. The van der Waals surface area contributed by atoms with Crippen LogP contribution in [0.4, 0.5) is 0 Å². The van der Waals surface area contributed by atoms with Gasteiger partial charge in [-0.1, -0.05) is 0 Å². The molecule has 0 amide bonds. The Morgan fingerprint density at radius 2 is 0.944 bits per heavy atom. The molecule has 0 aromatic heterocycles.